The van der Waals surface area contributed by atoms with E-state index >= 15 is 0 Å². The maximum Gasteiger partial charge on any atom is 0.246 e. The smallest absolute Gasteiger partial charge is 0.246 e. The Bertz CT molecular complexity index is 453. The topological polar surface area (TPSA) is 81.6 Å². The second-order valence-electron chi connectivity index (χ2n) is 4.11. The minimum Gasteiger partial charge on any atom is -0.394 e. The van der Waals surface area contributed by atoms with E-state index in [2.05, 4.69) is 10.6 Å². The largest absolute Gasteiger partial charge is 0.394 e. The number of fused-ring (bicyclic) bond motifs is 1. The molecule has 1 aromatic rings. The van der Waals surface area contributed by atoms with Crippen LogP contribution in [-0.2, 0) is 4.79 Å². The van der Waals surface area contributed by atoms with Gasteiger partial charge in [-0.3, -0.25) is 4.79 Å². The van der Waals surface area contributed by atoms with E-state index in [4.69, 9.17) is 5.11 Å². The number of benzene rings is 1. The van der Waals surface area contributed by atoms with Crippen LogP contribution in [0.5, 0.6) is 0 Å². The zero-order valence-electron chi connectivity index (χ0n) is 10.0. The van der Waals surface area contributed by atoms with Crippen molar-refractivity contribution in [2.45, 2.75) is 17.0 Å². The number of hydrogen-bond acceptors (Lipinski definition) is 5. The van der Waals surface area contributed by atoms with Gasteiger partial charge in [0.05, 0.1) is 12.7 Å². The third-order valence-electron chi connectivity index (χ3n) is 2.80. The van der Waals surface area contributed by atoms with Gasteiger partial charge in [0.2, 0.25) is 5.91 Å². The molecule has 0 saturated carbocycles. The lowest BCUT2D eigenvalue weighted by molar-refractivity contribution is -0.117. The van der Waals surface area contributed by atoms with Crippen LogP contribution in [0.1, 0.15) is 11.6 Å². The highest BCUT2D eigenvalue weighted by Gasteiger charge is 2.28. The van der Waals surface area contributed by atoms with Gasteiger partial charge in [-0.25, -0.2) is 0 Å². The number of hydrogen-bond donors (Lipinski definition) is 4. The molecule has 0 fully saturated rings. The minimum atomic E-state index is -0.720. The fraction of sp³-hybridized carbons (Fsp3) is 0.417. The highest BCUT2D eigenvalue weighted by Crippen LogP contribution is 2.34. The van der Waals surface area contributed by atoms with Crippen LogP contribution >= 0.6 is 11.8 Å². The summed E-state index contributed by atoms with van der Waals surface area (Å²) < 4.78 is 0. The van der Waals surface area contributed by atoms with Crippen molar-refractivity contribution in [3.63, 3.8) is 0 Å². The Hall–Kier alpha value is -1.08. The molecule has 5 nitrogen and oxygen atoms in total. The third-order valence-corrected chi connectivity index (χ3v) is 3.94. The molecule has 0 spiro atoms. The summed E-state index contributed by atoms with van der Waals surface area (Å²) in [5.74, 6) is 0.378. The predicted octanol–water partition coefficient (Wildman–Crippen LogP) is 0.344. The van der Waals surface area contributed by atoms with Crippen molar-refractivity contribution >= 4 is 23.4 Å². The minimum absolute atomic E-state index is 0.0509. The van der Waals surface area contributed by atoms with Gasteiger partial charge in [-0.05, 0) is 19.2 Å². The first-order chi connectivity index (χ1) is 8.65. The lowest BCUT2D eigenvalue weighted by Crippen LogP contribution is -2.23. The van der Waals surface area contributed by atoms with E-state index in [-0.39, 0.29) is 18.6 Å². The molecule has 2 rings (SSSR count). The average molecular weight is 268 g/mol. The van der Waals surface area contributed by atoms with Crippen molar-refractivity contribution in [1.29, 1.82) is 0 Å². The van der Waals surface area contributed by atoms with Gasteiger partial charge < -0.3 is 20.8 Å². The zero-order chi connectivity index (χ0) is 13.1. The van der Waals surface area contributed by atoms with Gasteiger partial charge in [-0.1, -0.05) is 6.07 Å². The van der Waals surface area contributed by atoms with Crippen LogP contribution in [0.15, 0.2) is 23.1 Å². The number of aliphatic hydroxyl groups is 2. The molecule has 98 valence electrons. The van der Waals surface area contributed by atoms with Crippen LogP contribution in [0, 0.1) is 0 Å². The van der Waals surface area contributed by atoms with Crippen molar-refractivity contribution in [1.82, 2.24) is 5.32 Å². The Morgan fingerprint density at radius 2 is 2.33 bits per heavy atom. The van der Waals surface area contributed by atoms with Crippen molar-refractivity contribution in [3.8, 4) is 0 Å². The van der Waals surface area contributed by atoms with Crippen molar-refractivity contribution in [3.05, 3.63) is 23.8 Å². The second-order valence-corrected chi connectivity index (χ2v) is 5.20. The Kier molecular flexibility index (Phi) is 4.23. The second kappa shape index (κ2) is 5.71. The SMILES string of the molecule is CNC1C(=O)Nc2cc(SCC(O)CO)ccc21. The van der Waals surface area contributed by atoms with E-state index in [0.717, 1.165) is 16.1 Å². The first kappa shape index (κ1) is 13.4. The van der Waals surface area contributed by atoms with Crippen molar-refractivity contribution < 1.29 is 15.0 Å². The number of aliphatic hydroxyl groups excluding tert-OH is 2. The Morgan fingerprint density at radius 3 is 3.00 bits per heavy atom. The Labute approximate surface area is 110 Å². The summed E-state index contributed by atoms with van der Waals surface area (Å²) >= 11 is 1.45. The van der Waals surface area contributed by atoms with E-state index in [0.29, 0.717) is 5.75 Å². The molecule has 1 amide bonds. The number of thioether (sulfide) groups is 1. The number of likely N-dealkylation sites (N-methyl/N-ethyl adjacent to an activating group) is 1. The lowest BCUT2D eigenvalue weighted by Gasteiger charge is -2.09. The predicted molar refractivity (Wildman–Crippen MR) is 70.7 cm³/mol. The normalized spacial score (nSPS) is 19.5. The molecule has 1 heterocycles. The third kappa shape index (κ3) is 2.67. The molecule has 6 heteroatoms. The fourth-order valence-electron chi connectivity index (χ4n) is 1.86. The number of carbonyl (C=O) groups excluding carboxylic acids is 1. The fourth-order valence-corrected chi connectivity index (χ4v) is 2.72. The molecule has 1 aliphatic heterocycles. The molecule has 0 radical (unpaired) electrons. The molecule has 0 aliphatic carbocycles. The summed E-state index contributed by atoms with van der Waals surface area (Å²) in [6.07, 6.45) is -0.720. The van der Waals surface area contributed by atoms with Gasteiger partial charge in [0, 0.05) is 21.9 Å². The van der Waals surface area contributed by atoms with E-state index < -0.39 is 6.10 Å². The van der Waals surface area contributed by atoms with Gasteiger partial charge in [-0.2, -0.15) is 0 Å². The molecule has 4 N–H and O–H groups in total. The number of rotatable bonds is 5. The van der Waals surface area contributed by atoms with Crippen molar-refractivity contribution in [2.75, 3.05) is 24.7 Å². The average Bonchev–Trinajstić information content (AvgIpc) is 2.70. The number of amides is 1. The van der Waals surface area contributed by atoms with Gasteiger partial charge in [0.15, 0.2) is 0 Å². The Balaban J connectivity index is 2.10. The van der Waals surface area contributed by atoms with E-state index in [1.165, 1.54) is 11.8 Å². The number of nitrogens with one attached hydrogen (secondary N) is 2. The first-order valence-electron chi connectivity index (χ1n) is 5.69. The monoisotopic (exact) mass is 268 g/mol. The van der Waals surface area contributed by atoms with Gasteiger partial charge >= 0.3 is 0 Å². The first-order valence-corrected chi connectivity index (χ1v) is 6.68. The molecule has 0 saturated heterocycles. The molecular weight excluding hydrogens is 252 g/mol. The molecular formula is C12H16N2O3S. The quantitative estimate of drug-likeness (QED) is 0.579. The standard InChI is InChI=1S/C12H16N2O3S/c1-13-11-9-3-2-8(18-6-7(16)5-15)4-10(9)14-12(11)17/h2-4,7,11,13,15-16H,5-6H2,1H3,(H,14,17). The molecule has 2 unspecified atom stereocenters. The number of anilines is 1. The summed E-state index contributed by atoms with van der Waals surface area (Å²) in [7, 11) is 1.75. The van der Waals surface area contributed by atoms with E-state index in [1.807, 2.05) is 18.2 Å². The molecule has 1 aliphatic rings. The summed E-state index contributed by atoms with van der Waals surface area (Å²) in [6, 6.07) is 5.42. The summed E-state index contributed by atoms with van der Waals surface area (Å²) in [5.41, 5.74) is 1.75. The van der Waals surface area contributed by atoms with Gasteiger partial charge in [-0.15, -0.1) is 11.8 Å². The molecule has 1 aromatic carbocycles. The molecule has 2 atom stereocenters. The van der Waals surface area contributed by atoms with Crippen LogP contribution < -0.4 is 10.6 Å². The van der Waals surface area contributed by atoms with E-state index in [9.17, 15) is 9.90 Å². The lowest BCUT2D eigenvalue weighted by atomic mass is 10.1. The summed E-state index contributed by atoms with van der Waals surface area (Å²) in [6.45, 7) is -0.240. The van der Waals surface area contributed by atoms with Crippen molar-refractivity contribution in [2.24, 2.45) is 0 Å². The van der Waals surface area contributed by atoms with Crippen LogP contribution in [0.4, 0.5) is 5.69 Å². The zero-order valence-corrected chi connectivity index (χ0v) is 10.8. The molecule has 0 bridgehead atoms. The Morgan fingerprint density at radius 1 is 1.56 bits per heavy atom. The maximum absolute atomic E-state index is 11.6. The summed E-state index contributed by atoms with van der Waals surface area (Å²) in [4.78, 5) is 12.6. The molecule has 0 aromatic heterocycles. The van der Waals surface area contributed by atoms with Crippen LogP contribution in [0.3, 0.4) is 0 Å². The van der Waals surface area contributed by atoms with Crippen LogP contribution in [0.2, 0.25) is 0 Å². The van der Waals surface area contributed by atoms with E-state index in [1.54, 1.807) is 7.05 Å². The van der Waals surface area contributed by atoms with Crippen LogP contribution in [-0.4, -0.2) is 41.6 Å². The highest BCUT2D eigenvalue weighted by atomic mass is 32.2. The summed E-state index contributed by atoms with van der Waals surface area (Å²) in [5, 5.41) is 23.8. The maximum atomic E-state index is 11.6. The molecule has 18 heavy (non-hydrogen) atoms. The van der Waals surface area contributed by atoms with Gasteiger partial charge in [0.1, 0.15) is 6.04 Å². The highest BCUT2D eigenvalue weighted by molar-refractivity contribution is 7.99. The van der Waals surface area contributed by atoms with Gasteiger partial charge in [0.25, 0.3) is 0 Å². The number of carbonyl (C=O) groups is 1. The van der Waals surface area contributed by atoms with Crippen LogP contribution in [0.25, 0.3) is 0 Å².